The molecule has 0 aliphatic rings. The van der Waals surface area contributed by atoms with Crippen molar-refractivity contribution in [3.8, 4) is 0 Å². The van der Waals surface area contributed by atoms with E-state index in [4.69, 9.17) is 9.47 Å². The summed E-state index contributed by atoms with van der Waals surface area (Å²) in [5.41, 5.74) is -1.40. The highest BCUT2D eigenvalue weighted by molar-refractivity contribution is 6.01. The molecule has 0 fully saturated rings. The highest BCUT2D eigenvalue weighted by Crippen LogP contribution is 2.13. The Hall–Kier alpha value is -1.79. The molecule has 134 valence electrons. The maximum atomic E-state index is 11.9. The number of ether oxygens (including phenoxy) is 2. The first-order valence-corrected chi connectivity index (χ1v) is 7.62. The van der Waals surface area contributed by atoms with Gasteiger partial charge in [-0.25, -0.2) is 9.59 Å². The van der Waals surface area contributed by atoms with Crippen LogP contribution in [0, 0.1) is 5.41 Å². The van der Waals surface area contributed by atoms with E-state index in [-0.39, 0.29) is 11.4 Å². The van der Waals surface area contributed by atoms with E-state index in [0.717, 1.165) is 0 Å². The van der Waals surface area contributed by atoms with Gasteiger partial charge in [-0.3, -0.25) is 15.6 Å². The molecule has 0 radical (unpaired) electrons. The van der Waals surface area contributed by atoms with E-state index < -0.39 is 23.4 Å². The molecule has 2 amide bonds. The minimum Gasteiger partial charge on any atom is -0.444 e. The van der Waals surface area contributed by atoms with Gasteiger partial charge < -0.3 is 9.47 Å². The SMILES string of the molecule is CC(C)(C)CN=C(NC(=O)OC(C)(C)C)NC(=O)OC(C)(C)C. The van der Waals surface area contributed by atoms with Crippen molar-refractivity contribution in [3.63, 3.8) is 0 Å². The third-order valence-electron chi connectivity index (χ3n) is 1.95. The number of guanidine groups is 1. The highest BCUT2D eigenvalue weighted by atomic mass is 16.6. The van der Waals surface area contributed by atoms with Gasteiger partial charge >= 0.3 is 12.2 Å². The van der Waals surface area contributed by atoms with Gasteiger partial charge in [-0.1, -0.05) is 20.8 Å². The lowest BCUT2D eigenvalue weighted by Gasteiger charge is -2.23. The molecule has 0 aromatic heterocycles. The first kappa shape index (κ1) is 21.2. The number of rotatable bonds is 1. The van der Waals surface area contributed by atoms with Gasteiger partial charge in [0.2, 0.25) is 5.96 Å². The number of alkyl carbamates (subject to hydrolysis) is 2. The number of nitrogens with one attached hydrogen (secondary N) is 2. The lowest BCUT2D eigenvalue weighted by molar-refractivity contribution is 0.0544. The predicted octanol–water partition coefficient (Wildman–Crippen LogP) is 3.44. The van der Waals surface area contributed by atoms with Gasteiger partial charge in [0, 0.05) is 6.54 Å². The Morgan fingerprint density at radius 3 is 1.39 bits per heavy atom. The van der Waals surface area contributed by atoms with Crippen LogP contribution >= 0.6 is 0 Å². The van der Waals surface area contributed by atoms with Gasteiger partial charge in [0.05, 0.1) is 0 Å². The number of nitrogens with zero attached hydrogens (tertiary/aromatic N) is 1. The van der Waals surface area contributed by atoms with Crippen LogP contribution in [-0.2, 0) is 9.47 Å². The third kappa shape index (κ3) is 13.6. The van der Waals surface area contributed by atoms with Crippen LogP contribution < -0.4 is 10.6 Å². The van der Waals surface area contributed by atoms with Gasteiger partial charge in [-0.2, -0.15) is 0 Å². The number of carbonyl (C=O) groups excluding carboxylic acids is 2. The van der Waals surface area contributed by atoms with Gasteiger partial charge in [-0.15, -0.1) is 0 Å². The first-order chi connectivity index (χ1) is 10.1. The molecule has 0 saturated heterocycles. The molecule has 0 saturated carbocycles. The van der Waals surface area contributed by atoms with Crippen molar-refractivity contribution < 1.29 is 19.1 Å². The summed E-state index contributed by atoms with van der Waals surface area (Å²) in [6.07, 6.45) is -1.39. The van der Waals surface area contributed by atoms with E-state index in [0.29, 0.717) is 6.54 Å². The van der Waals surface area contributed by atoms with Crippen LogP contribution in [0.15, 0.2) is 4.99 Å². The summed E-state index contributed by atoms with van der Waals surface area (Å²) in [6, 6.07) is 0. The molecule has 0 aromatic carbocycles. The summed E-state index contributed by atoms with van der Waals surface area (Å²) < 4.78 is 10.3. The van der Waals surface area contributed by atoms with E-state index in [9.17, 15) is 9.59 Å². The Balaban J connectivity index is 4.96. The largest absolute Gasteiger partial charge is 0.444 e. The fraction of sp³-hybridized carbons (Fsp3) is 0.812. The van der Waals surface area contributed by atoms with Gasteiger partial charge in [0.25, 0.3) is 0 Å². The number of amides is 2. The molecule has 0 aliphatic heterocycles. The van der Waals surface area contributed by atoms with Gasteiger partial charge in [0.1, 0.15) is 11.2 Å². The molecular weight excluding hydrogens is 298 g/mol. The molecule has 0 unspecified atom stereocenters. The van der Waals surface area contributed by atoms with Gasteiger partial charge in [-0.05, 0) is 47.0 Å². The fourth-order valence-electron chi connectivity index (χ4n) is 1.23. The molecule has 23 heavy (non-hydrogen) atoms. The fourth-order valence-corrected chi connectivity index (χ4v) is 1.23. The molecule has 0 atom stereocenters. The molecule has 7 nitrogen and oxygen atoms in total. The van der Waals surface area contributed by atoms with E-state index >= 15 is 0 Å². The zero-order valence-electron chi connectivity index (χ0n) is 15.8. The molecule has 0 bridgehead atoms. The third-order valence-corrected chi connectivity index (χ3v) is 1.95. The number of aliphatic imine (C=N–C) groups is 1. The average molecular weight is 329 g/mol. The van der Waals surface area contributed by atoms with Crippen LogP contribution in [0.2, 0.25) is 0 Å². The molecule has 0 aromatic rings. The average Bonchev–Trinajstić information content (AvgIpc) is 2.18. The monoisotopic (exact) mass is 329 g/mol. The van der Waals surface area contributed by atoms with Crippen LogP contribution in [0.1, 0.15) is 62.3 Å². The van der Waals surface area contributed by atoms with Gasteiger partial charge in [0.15, 0.2) is 0 Å². The Labute approximate surface area is 139 Å². The Morgan fingerprint density at radius 1 is 0.783 bits per heavy atom. The van der Waals surface area contributed by atoms with Crippen molar-refractivity contribution in [1.29, 1.82) is 0 Å². The van der Waals surface area contributed by atoms with E-state index in [1.54, 1.807) is 41.5 Å². The second-order valence-electron chi connectivity index (χ2n) is 8.48. The summed E-state index contributed by atoms with van der Waals surface area (Å²) in [5.74, 6) is 0.00317. The van der Waals surface area contributed by atoms with E-state index in [1.807, 2.05) is 20.8 Å². The van der Waals surface area contributed by atoms with Crippen molar-refractivity contribution in [2.75, 3.05) is 6.54 Å². The van der Waals surface area contributed by atoms with Crippen molar-refractivity contribution >= 4 is 18.1 Å². The minimum absolute atomic E-state index is 0.00317. The topological polar surface area (TPSA) is 89.0 Å². The molecule has 0 aliphatic carbocycles. The highest BCUT2D eigenvalue weighted by Gasteiger charge is 2.21. The van der Waals surface area contributed by atoms with Crippen LogP contribution in [0.25, 0.3) is 0 Å². The van der Waals surface area contributed by atoms with Crippen molar-refractivity contribution in [2.45, 2.75) is 73.5 Å². The summed E-state index contributed by atoms with van der Waals surface area (Å²) in [6.45, 7) is 16.9. The Morgan fingerprint density at radius 2 is 1.13 bits per heavy atom. The second kappa shape index (κ2) is 7.66. The quantitative estimate of drug-likeness (QED) is 0.569. The zero-order chi connectivity index (χ0) is 18.5. The molecule has 0 spiro atoms. The zero-order valence-corrected chi connectivity index (χ0v) is 15.8. The summed E-state index contributed by atoms with van der Waals surface area (Å²) >= 11 is 0. The smallest absolute Gasteiger partial charge is 0.414 e. The molecule has 7 heteroatoms. The molecule has 2 N–H and O–H groups in total. The standard InChI is InChI=1S/C16H31N3O4/c1-14(2,3)10-17-11(18-12(20)22-15(4,5)6)19-13(21)23-16(7,8)9/h10H2,1-9H3,(H2,17,18,19,20,21). The number of hydrogen-bond acceptors (Lipinski definition) is 5. The number of hydrogen-bond donors (Lipinski definition) is 2. The van der Waals surface area contributed by atoms with E-state index in [2.05, 4.69) is 15.6 Å². The van der Waals surface area contributed by atoms with Crippen molar-refractivity contribution in [3.05, 3.63) is 0 Å². The summed E-state index contributed by atoms with van der Waals surface area (Å²) in [4.78, 5) is 27.9. The van der Waals surface area contributed by atoms with Crippen LogP contribution in [0.3, 0.4) is 0 Å². The lowest BCUT2D eigenvalue weighted by Crippen LogP contribution is -2.47. The summed E-state index contributed by atoms with van der Waals surface area (Å²) in [5, 5.41) is 4.88. The number of carbonyl (C=O) groups is 2. The Kier molecular flexibility index (Phi) is 7.06. The van der Waals surface area contributed by atoms with Crippen molar-refractivity contribution in [2.24, 2.45) is 10.4 Å². The minimum atomic E-state index is -0.693. The van der Waals surface area contributed by atoms with Crippen LogP contribution in [-0.4, -0.2) is 35.9 Å². The molecule has 0 rings (SSSR count). The van der Waals surface area contributed by atoms with E-state index in [1.165, 1.54) is 0 Å². The van der Waals surface area contributed by atoms with Crippen molar-refractivity contribution in [1.82, 2.24) is 10.6 Å². The maximum Gasteiger partial charge on any atom is 0.414 e. The van der Waals surface area contributed by atoms with Crippen LogP contribution in [0.5, 0.6) is 0 Å². The Bertz CT molecular complexity index is 419. The second-order valence-corrected chi connectivity index (χ2v) is 8.48. The molecular formula is C16H31N3O4. The van der Waals surface area contributed by atoms with Crippen LogP contribution in [0.4, 0.5) is 9.59 Å². The maximum absolute atomic E-state index is 11.9. The first-order valence-electron chi connectivity index (χ1n) is 7.62. The predicted molar refractivity (Wildman–Crippen MR) is 90.5 cm³/mol. The normalized spacial score (nSPS) is 12.2. The molecule has 0 heterocycles. The lowest BCUT2D eigenvalue weighted by atomic mass is 9.97. The summed E-state index contributed by atoms with van der Waals surface area (Å²) in [7, 11) is 0.